The Balaban J connectivity index is 0.00000243. The molecule has 2 heterocycles. The largest absolute Gasteiger partial charge is 0.348 e. The Hall–Kier alpha value is -1.43. The lowest BCUT2D eigenvalue weighted by Crippen LogP contribution is -2.42. The minimum Gasteiger partial charge on any atom is -0.348 e. The molecule has 1 amide bonds. The first kappa shape index (κ1) is 20.9. The second-order valence-electron chi connectivity index (χ2n) is 7.14. The maximum Gasteiger partial charge on any atom is 0.223 e. The number of piperidine rings is 1. The van der Waals surface area contributed by atoms with E-state index >= 15 is 0 Å². The molecule has 1 saturated heterocycles. The second-order valence-corrected chi connectivity index (χ2v) is 8.17. The molecule has 1 fully saturated rings. The Morgan fingerprint density at radius 3 is 2.65 bits per heavy atom. The Morgan fingerprint density at radius 1 is 1.31 bits per heavy atom. The molecule has 0 saturated carbocycles. The maximum absolute atomic E-state index is 12.6. The lowest BCUT2D eigenvalue weighted by atomic mass is 9.92. The highest BCUT2D eigenvalue weighted by molar-refractivity contribution is 7.15. The number of carbonyl (C=O) groups excluding carboxylic acids is 1. The van der Waals surface area contributed by atoms with E-state index in [1.165, 1.54) is 5.56 Å². The summed E-state index contributed by atoms with van der Waals surface area (Å²) in [6.07, 6.45) is 1.83. The van der Waals surface area contributed by atoms with Crippen molar-refractivity contribution in [1.82, 2.24) is 15.6 Å². The van der Waals surface area contributed by atoms with Gasteiger partial charge in [0.05, 0.1) is 16.6 Å². The van der Waals surface area contributed by atoms with Gasteiger partial charge in [-0.2, -0.15) is 0 Å². The molecule has 1 aromatic carbocycles. The van der Waals surface area contributed by atoms with Crippen LogP contribution in [0.4, 0.5) is 0 Å². The van der Waals surface area contributed by atoms with Crippen molar-refractivity contribution in [1.29, 1.82) is 0 Å². The molecule has 26 heavy (non-hydrogen) atoms. The summed E-state index contributed by atoms with van der Waals surface area (Å²) in [5, 5.41) is 7.62. The Morgan fingerprint density at radius 2 is 2.00 bits per heavy atom. The summed E-state index contributed by atoms with van der Waals surface area (Å²) in [5.41, 5.74) is 3.39. The molecular formula is C20H28ClN3OS. The van der Waals surface area contributed by atoms with Gasteiger partial charge in [0, 0.05) is 17.5 Å². The van der Waals surface area contributed by atoms with Gasteiger partial charge >= 0.3 is 0 Å². The van der Waals surface area contributed by atoms with Crippen molar-refractivity contribution in [3.8, 4) is 10.6 Å². The number of aryl methyl sites for hydroxylation is 2. The summed E-state index contributed by atoms with van der Waals surface area (Å²) in [5.74, 6) is 0.286. The van der Waals surface area contributed by atoms with Crippen molar-refractivity contribution < 1.29 is 4.79 Å². The predicted molar refractivity (Wildman–Crippen MR) is 111 cm³/mol. The zero-order valence-electron chi connectivity index (χ0n) is 15.8. The number of thiazole rings is 1. The fourth-order valence-electron chi connectivity index (χ4n) is 3.40. The van der Waals surface area contributed by atoms with E-state index in [1.807, 2.05) is 6.92 Å². The Bertz CT molecular complexity index is 744. The van der Waals surface area contributed by atoms with Crippen LogP contribution in [0.2, 0.25) is 0 Å². The summed E-state index contributed by atoms with van der Waals surface area (Å²) >= 11 is 1.68. The van der Waals surface area contributed by atoms with Gasteiger partial charge in [0.25, 0.3) is 0 Å². The van der Waals surface area contributed by atoms with Crippen molar-refractivity contribution in [2.75, 3.05) is 6.54 Å². The van der Waals surface area contributed by atoms with Gasteiger partial charge in [0.1, 0.15) is 5.01 Å². The molecule has 4 nitrogen and oxygen atoms in total. The van der Waals surface area contributed by atoms with E-state index in [1.54, 1.807) is 11.3 Å². The van der Waals surface area contributed by atoms with Gasteiger partial charge in [0.2, 0.25) is 5.91 Å². The number of amides is 1. The van der Waals surface area contributed by atoms with Crippen molar-refractivity contribution in [3.05, 3.63) is 40.4 Å². The standard InChI is InChI=1S/C20H27N3OS.ClH/c1-12-5-7-16(8-6-12)20-23-15(4)18(25-20)14(3)22-19(24)17-9-10-21-13(2)11-17;/h5-8,13-14,17,21H,9-11H2,1-4H3,(H,22,24);1H/t13-,14?,17-;/m0./s1. The summed E-state index contributed by atoms with van der Waals surface area (Å²) in [6.45, 7) is 9.23. The van der Waals surface area contributed by atoms with E-state index in [2.05, 4.69) is 55.7 Å². The lowest BCUT2D eigenvalue weighted by molar-refractivity contribution is -0.126. The van der Waals surface area contributed by atoms with Gasteiger partial charge in [-0.25, -0.2) is 4.98 Å². The number of rotatable bonds is 4. The first-order valence-corrected chi connectivity index (χ1v) is 9.84. The highest BCUT2D eigenvalue weighted by Gasteiger charge is 2.26. The van der Waals surface area contributed by atoms with Crippen molar-refractivity contribution in [3.63, 3.8) is 0 Å². The number of benzene rings is 1. The monoisotopic (exact) mass is 393 g/mol. The fourth-order valence-corrected chi connectivity index (χ4v) is 4.47. The zero-order chi connectivity index (χ0) is 18.0. The van der Waals surface area contributed by atoms with Crippen LogP contribution < -0.4 is 10.6 Å². The molecule has 1 aliphatic rings. The molecule has 2 aromatic rings. The van der Waals surface area contributed by atoms with Crippen LogP contribution in [-0.2, 0) is 4.79 Å². The van der Waals surface area contributed by atoms with E-state index < -0.39 is 0 Å². The van der Waals surface area contributed by atoms with Gasteiger partial charge in [-0.05, 0) is 47.1 Å². The summed E-state index contributed by atoms with van der Waals surface area (Å²) in [6, 6.07) is 8.84. The van der Waals surface area contributed by atoms with Gasteiger partial charge in [-0.1, -0.05) is 29.8 Å². The number of aromatic nitrogens is 1. The topological polar surface area (TPSA) is 54.0 Å². The van der Waals surface area contributed by atoms with Crippen LogP contribution in [0.25, 0.3) is 10.6 Å². The Kier molecular flexibility index (Phi) is 7.21. The average Bonchev–Trinajstić information content (AvgIpc) is 2.97. The number of hydrogen-bond acceptors (Lipinski definition) is 4. The number of nitrogens with zero attached hydrogens (tertiary/aromatic N) is 1. The smallest absolute Gasteiger partial charge is 0.223 e. The summed E-state index contributed by atoms with van der Waals surface area (Å²) in [7, 11) is 0. The molecule has 142 valence electrons. The third kappa shape index (κ3) is 4.84. The van der Waals surface area contributed by atoms with E-state index in [0.717, 1.165) is 40.5 Å². The van der Waals surface area contributed by atoms with E-state index in [9.17, 15) is 4.79 Å². The molecule has 2 N–H and O–H groups in total. The molecule has 0 bridgehead atoms. The third-order valence-corrected chi connectivity index (χ3v) is 6.27. The Labute approximate surface area is 166 Å². The molecule has 6 heteroatoms. The van der Waals surface area contributed by atoms with Crippen LogP contribution in [0.15, 0.2) is 24.3 Å². The van der Waals surface area contributed by atoms with Gasteiger partial charge in [0.15, 0.2) is 0 Å². The molecule has 1 aromatic heterocycles. The highest BCUT2D eigenvalue weighted by atomic mass is 35.5. The molecule has 0 spiro atoms. The summed E-state index contributed by atoms with van der Waals surface area (Å²) in [4.78, 5) is 18.5. The quantitative estimate of drug-likeness (QED) is 0.808. The van der Waals surface area contributed by atoms with Crippen molar-refractivity contribution in [2.45, 2.75) is 52.6 Å². The summed E-state index contributed by atoms with van der Waals surface area (Å²) < 4.78 is 0. The van der Waals surface area contributed by atoms with Gasteiger partial charge < -0.3 is 10.6 Å². The van der Waals surface area contributed by atoms with E-state index in [-0.39, 0.29) is 30.3 Å². The van der Waals surface area contributed by atoms with Crippen molar-refractivity contribution in [2.24, 2.45) is 5.92 Å². The number of nitrogens with one attached hydrogen (secondary N) is 2. The first-order chi connectivity index (χ1) is 11.9. The molecule has 3 rings (SSSR count). The van der Waals surface area contributed by atoms with Crippen LogP contribution in [-0.4, -0.2) is 23.5 Å². The van der Waals surface area contributed by atoms with E-state index in [4.69, 9.17) is 4.98 Å². The number of carbonyl (C=O) groups is 1. The first-order valence-electron chi connectivity index (χ1n) is 9.02. The minimum absolute atomic E-state index is 0. The van der Waals surface area contributed by atoms with Crippen LogP contribution in [0.3, 0.4) is 0 Å². The molecule has 1 aliphatic heterocycles. The van der Waals surface area contributed by atoms with Crippen LogP contribution >= 0.6 is 23.7 Å². The maximum atomic E-state index is 12.6. The van der Waals surface area contributed by atoms with E-state index in [0.29, 0.717) is 6.04 Å². The molecule has 0 aliphatic carbocycles. The van der Waals surface area contributed by atoms with Gasteiger partial charge in [-0.3, -0.25) is 4.79 Å². The second kappa shape index (κ2) is 8.98. The third-order valence-electron chi connectivity index (χ3n) is 4.88. The normalized spacial score (nSPS) is 20.9. The van der Waals surface area contributed by atoms with Crippen LogP contribution in [0.1, 0.15) is 48.9 Å². The predicted octanol–water partition coefficient (Wildman–Crippen LogP) is 4.41. The lowest BCUT2D eigenvalue weighted by Gasteiger charge is -2.28. The number of hydrogen-bond donors (Lipinski definition) is 2. The molecule has 1 unspecified atom stereocenters. The average molecular weight is 394 g/mol. The number of halogens is 1. The highest BCUT2D eigenvalue weighted by Crippen LogP contribution is 2.32. The fraction of sp³-hybridized carbons (Fsp3) is 0.500. The van der Waals surface area contributed by atoms with Crippen LogP contribution in [0, 0.1) is 19.8 Å². The molecule has 3 atom stereocenters. The molecular weight excluding hydrogens is 366 g/mol. The SMILES string of the molecule is Cc1ccc(-c2nc(C)c(C(C)NC(=O)[C@H]3CCN[C@@H](C)C3)s2)cc1.Cl. The van der Waals surface area contributed by atoms with Crippen molar-refractivity contribution >= 4 is 29.7 Å². The zero-order valence-corrected chi connectivity index (χ0v) is 17.5. The van der Waals surface area contributed by atoms with Gasteiger partial charge in [-0.15, -0.1) is 23.7 Å². The minimum atomic E-state index is -0.00519. The van der Waals surface area contributed by atoms with Crippen LogP contribution in [0.5, 0.6) is 0 Å². The molecule has 0 radical (unpaired) electrons.